The molecule has 0 atom stereocenters. The topological polar surface area (TPSA) is 37.3 Å². The number of ketones is 1. The lowest BCUT2D eigenvalue weighted by Crippen LogP contribution is -2.07. The number of carbonyl (C=O) groups excluding carboxylic acids is 1. The van der Waals surface area contributed by atoms with Crippen molar-refractivity contribution in [2.24, 2.45) is 0 Å². The maximum absolute atomic E-state index is 11.0. The second kappa shape index (κ2) is 3.52. The van der Waals surface area contributed by atoms with Crippen molar-refractivity contribution in [1.82, 2.24) is 0 Å². The van der Waals surface area contributed by atoms with E-state index in [0.717, 1.165) is 18.4 Å². The zero-order chi connectivity index (χ0) is 7.40. The van der Waals surface area contributed by atoms with E-state index in [9.17, 15) is 4.79 Å². The summed E-state index contributed by atoms with van der Waals surface area (Å²) in [5.74, 6) is 0.223. The van der Waals surface area contributed by atoms with Gasteiger partial charge in [-0.3, -0.25) is 4.79 Å². The molecule has 0 saturated carbocycles. The fraction of sp³-hybridized carbons (Fsp3) is 0.625. The summed E-state index contributed by atoms with van der Waals surface area (Å²) < 4.78 is 0. The predicted octanol–water partition coefficient (Wildman–Crippen LogP) is 1.05. The molecule has 1 aliphatic rings. The first-order valence-electron chi connectivity index (χ1n) is 3.67. The largest absolute Gasteiger partial charge is 0.396 e. The number of aliphatic hydroxyl groups is 1. The van der Waals surface area contributed by atoms with Crippen LogP contribution in [0.3, 0.4) is 0 Å². The highest BCUT2D eigenvalue weighted by molar-refractivity contribution is 5.95. The summed E-state index contributed by atoms with van der Waals surface area (Å²) in [5, 5.41) is 8.54. The van der Waals surface area contributed by atoms with Gasteiger partial charge in [0.25, 0.3) is 0 Å². The van der Waals surface area contributed by atoms with Crippen LogP contribution in [-0.4, -0.2) is 17.5 Å². The third kappa shape index (κ3) is 1.67. The molecular weight excluding hydrogens is 128 g/mol. The molecule has 10 heavy (non-hydrogen) atoms. The van der Waals surface area contributed by atoms with Crippen molar-refractivity contribution in [3.63, 3.8) is 0 Å². The van der Waals surface area contributed by atoms with Crippen LogP contribution in [0.5, 0.6) is 0 Å². The maximum Gasteiger partial charge on any atom is 0.158 e. The zero-order valence-corrected chi connectivity index (χ0v) is 5.97. The Morgan fingerprint density at radius 3 is 3.00 bits per heavy atom. The molecule has 0 aromatic heterocycles. The van der Waals surface area contributed by atoms with Crippen LogP contribution >= 0.6 is 0 Å². The van der Waals surface area contributed by atoms with E-state index in [1.807, 2.05) is 6.08 Å². The van der Waals surface area contributed by atoms with E-state index in [-0.39, 0.29) is 12.4 Å². The Morgan fingerprint density at radius 1 is 1.60 bits per heavy atom. The van der Waals surface area contributed by atoms with E-state index < -0.39 is 0 Å². The third-order valence-corrected chi connectivity index (χ3v) is 1.74. The third-order valence-electron chi connectivity index (χ3n) is 1.74. The monoisotopic (exact) mass is 140 g/mol. The molecule has 0 radical (unpaired) electrons. The van der Waals surface area contributed by atoms with E-state index in [1.54, 1.807) is 0 Å². The molecule has 0 unspecified atom stereocenters. The number of allylic oxidation sites excluding steroid dienone is 1. The second-order valence-electron chi connectivity index (χ2n) is 2.52. The van der Waals surface area contributed by atoms with Gasteiger partial charge < -0.3 is 5.11 Å². The van der Waals surface area contributed by atoms with Crippen LogP contribution < -0.4 is 0 Å². The molecule has 0 heterocycles. The zero-order valence-electron chi connectivity index (χ0n) is 5.97. The fourth-order valence-electron chi connectivity index (χ4n) is 1.18. The van der Waals surface area contributed by atoms with Crippen molar-refractivity contribution in [2.45, 2.75) is 25.7 Å². The number of rotatable bonds is 2. The summed E-state index contributed by atoms with van der Waals surface area (Å²) in [6, 6.07) is 0. The molecule has 0 spiro atoms. The van der Waals surface area contributed by atoms with Gasteiger partial charge in [-0.2, -0.15) is 0 Å². The van der Waals surface area contributed by atoms with Crippen LogP contribution in [0, 0.1) is 0 Å². The summed E-state index contributed by atoms with van der Waals surface area (Å²) in [6.07, 6.45) is 5.14. The van der Waals surface area contributed by atoms with Crippen LogP contribution in [-0.2, 0) is 4.79 Å². The second-order valence-corrected chi connectivity index (χ2v) is 2.52. The number of hydrogen-bond acceptors (Lipinski definition) is 2. The summed E-state index contributed by atoms with van der Waals surface area (Å²) in [5.41, 5.74) is 0.828. The molecule has 56 valence electrons. The molecule has 2 nitrogen and oxygen atoms in total. The molecule has 1 N–H and O–H groups in total. The summed E-state index contributed by atoms with van der Waals surface area (Å²) in [7, 11) is 0. The lowest BCUT2D eigenvalue weighted by atomic mass is 9.96. The van der Waals surface area contributed by atoms with Gasteiger partial charge in [0.2, 0.25) is 0 Å². The summed E-state index contributed by atoms with van der Waals surface area (Å²) >= 11 is 0. The van der Waals surface area contributed by atoms with Crippen LogP contribution in [0.2, 0.25) is 0 Å². The molecular formula is C8H12O2. The highest BCUT2D eigenvalue weighted by Crippen LogP contribution is 2.15. The SMILES string of the molecule is O=C1CCCC=C1CCO. The Morgan fingerprint density at radius 2 is 2.40 bits per heavy atom. The van der Waals surface area contributed by atoms with Crippen molar-refractivity contribution in [1.29, 1.82) is 0 Å². The van der Waals surface area contributed by atoms with Gasteiger partial charge in [0, 0.05) is 13.0 Å². The van der Waals surface area contributed by atoms with Crippen molar-refractivity contribution in [3.05, 3.63) is 11.6 Å². The number of carbonyl (C=O) groups is 1. The molecule has 0 amide bonds. The molecule has 0 fully saturated rings. The van der Waals surface area contributed by atoms with Gasteiger partial charge in [-0.15, -0.1) is 0 Å². The highest BCUT2D eigenvalue weighted by atomic mass is 16.3. The van der Waals surface area contributed by atoms with Crippen LogP contribution in [0.4, 0.5) is 0 Å². The minimum Gasteiger partial charge on any atom is -0.396 e. The lowest BCUT2D eigenvalue weighted by molar-refractivity contribution is -0.116. The first-order chi connectivity index (χ1) is 4.84. The van der Waals surface area contributed by atoms with Gasteiger partial charge in [-0.25, -0.2) is 0 Å². The Bertz CT molecular complexity index is 159. The van der Waals surface area contributed by atoms with E-state index in [2.05, 4.69) is 0 Å². The Kier molecular flexibility index (Phi) is 2.63. The normalized spacial score (nSPS) is 18.9. The van der Waals surface area contributed by atoms with Crippen LogP contribution in [0.1, 0.15) is 25.7 Å². The van der Waals surface area contributed by atoms with Crippen LogP contribution in [0.15, 0.2) is 11.6 Å². The minimum atomic E-state index is 0.0948. The molecule has 0 aromatic rings. The fourth-order valence-corrected chi connectivity index (χ4v) is 1.18. The van der Waals surface area contributed by atoms with Crippen molar-refractivity contribution in [2.75, 3.05) is 6.61 Å². The van der Waals surface area contributed by atoms with Crippen molar-refractivity contribution < 1.29 is 9.90 Å². The van der Waals surface area contributed by atoms with Gasteiger partial charge in [0.15, 0.2) is 5.78 Å². The van der Waals surface area contributed by atoms with Gasteiger partial charge in [0.1, 0.15) is 0 Å². The van der Waals surface area contributed by atoms with E-state index in [1.165, 1.54) is 0 Å². The maximum atomic E-state index is 11.0. The first-order valence-corrected chi connectivity index (χ1v) is 3.67. The average Bonchev–Trinajstić information content (AvgIpc) is 1.94. The minimum absolute atomic E-state index is 0.0948. The Balaban J connectivity index is 2.53. The number of aliphatic hydroxyl groups excluding tert-OH is 1. The number of hydrogen-bond donors (Lipinski definition) is 1. The Labute approximate surface area is 60.6 Å². The van der Waals surface area contributed by atoms with Crippen molar-refractivity contribution in [3.8, 4) is 0 Å². The summed E-state index contributed by atoms with van der Waals surface area (Å²) in [6.45, 7) is 0.0948. The van der Waals surface area contributed by atoms with Gasteiger partial charge in [0.05, 0.1) is 0 Å². The molecule has 0 aliphatic heterocycles. The lowest BCUT2D eigenvalue weighted by Gasteiger charge is -2.09. The van der Waals surface area contributed by atoms with Gasteiger partial charge in [-0.05, 0) is 24.8 Å². The van der Waals surface area contributed by atoms with Crippen LogP contribution in [0.25, 0.3) is 0 Å². The highest BCUT2D eigenvalue weighted by Gasteiger charge is 2.11. The van der Waals surface area contributed by atoms with E-state index in [4.69, 9.17) is 5.11 Å². The molecule has 0 aromatic carbocycles. The Hall–Kier alpha value is -0.630. The number of Topliss-reactive ketones (excluding diaryl/α,β-unsaturated/α-hetero) is 1. The van der Waals surface area contributed by atoms with E-state index in [0.29, 0.717) is 12.8 Å². The molecule has 1 aliphatic carbocycles. The smallest absolute Gasteiger partial charge is 0.158 e. The molecule has 0 saturated heterocycles. The molecule has 2 heteroatoms. The molecule has 1 rings (SSSR count). The quantitative estimate of drug-likeness (QED) is 0.622. The van der Waals surface area contributed by atoms with E-state index >= 15 is 0 Å². The standard InChI is InChI=1S/C8H12O2/c9-6-5-7-3-1-2-4-8(7)10/h3,9H,1-2,4-6H2. The van der Waals surface area contributed by atoms with Gasteiger partial charge >= 0.3 is 0 Å². The first kappa shape index (κ1) is 7.48. The predicted molar refractivity (Wildman–Crippen MR) is 38.6 cm³/mol. The average molecular weight is 140 g/mol. The van der Waals surface area contributed by atoms with Crippen molar-refractivity contribution >= 4 is 5.78 Å². The van der Waals surface area contributed by atoms with Gasteiger partial charge in [-0.1, -0.05) is 6.08 Å². The summed E-state index contributed by atoms with van der Waals surface area (Å²) in [4.78, 5) is 11.0. The molecule has 0 bridgehead atoms.